The maximum absolute atomic E-state index is 14.7. The molecule has 0 saturated carbocycles. The fourth-order valence-electron chi connectivity index (χ4n) is 3.49. The van der Waals surface area contributed by atoms with E-state index in [1.165, 1.54) is 36.4 Å². The minimum absolute atomic E-state index is 0.139. The van der Waals surface area contributed by atoms with Gasteiger partial charge in [0.15, 0.2) is 6.29 Å². The van der Waals surface area contributed by atoms with Gasteiger partial charge in [0, 0.05) is 18.8 Å². The molecule has 4 nitrogen and oxygen atoms in total. The summed E-state index contributed by atoms with van der Waals surface area (Å²) >= 11 is 0. The molecule has 1 aliphatic heterocycles. The maximum Gasteiger partial charge on any atom is 0.311 e. The zero-order chi connectivity index (χ0) is 23.8. The summed E-state index contributed by atoms with van der Waals surface area (Å²) in [5.41, 5.74) is 0.599. The summed E-state index contributed by atoms with van der Waals surface area (Å²) in [7, 11) is 0. The van der Waals surface area contributed by atoms with Gasteiger partial charge in [0.25, 0.3) is 6.08 Å². The monoisotopic (exact) mass is 466 g/mol. The van der Waals surface area contributed by atoms with Crippen LogP contribution in [0.3, 0.4) is 0 Å². The van der Waals surface area contributed by atoms with Gasteiger partial charge >= 0.3 is 5.97 Å². The SMILES string of the molecule is CCC1COC(CCc2cc(F)c(-c3ccc(OC(=O)CCC=C(F)F)cc3)c(F)c2)OC1. The first kappa shape index (κ1) is 24.9. The topological polar surface area (TPSA) is 44.8 Å². The number of esters is 1. The van der Waals surface area contributed by atoms with Crippen LogP contribution in [0.25, 0.3) is 11.1 Å². The molecule has 0 N–H and O–H groups in total. The van der Waals surface area contributed by atoms with Gasteiger partial charge < -0.3 is 14.2 Å². The summed E-state index contributed by atoms with van der Waals surface area (Å²) in [4.78, 5) is 11.7. The second-order valence-corrected chi connectivity index (χ2v) is 7.87. The molecule has 2 aromatic carbocycles. The number of carbonyl (C=O) groups excluding carboxylic acids is 1. The van der Waals surface area contributed by atoms with Crippen molar-refractivity contribution in [1.82, 2.24) is 0 Å². The predicted octanol–water partition coefficient (Wildman–Crippen LogP) is 6.43. The average molecular weight is 466 g/mol. The fourth-order valence-corrected chi connectivity index (χ4v) is 3.49. The molecule has 1 saturated heterocycles. The molecule has 178 valence electrons. The van der Waals surface area contributed by atoms with Crippen molar-refractivity contribution in [1.29, 1.82) is 0 Å². The quantitative estimate of drug-likeness (QED) is 0.243. The van der Waals surface area contributed by atoms with E-state index in [0.717, 1.165) is 6.42 Å². The number of benzene rings is 2. The summed E-state index contributed by atoms with van der Waals surface area (Å²) < 4.78 is 69.8. The first-order valence-electron chi connectivity index (χ1n) is 10.9. The molecule has 8 heteroatoms. The van der Waals surface area contributed by atoms with E-state index in [9.17, 15) is 22.4 Å². The van der Waals surface area contributed by atoms with Crippen molar-refractivity contribution in [3.8, 4) is 16.9 Å². The van der Waals surface area contributed by atoms with Crippen molar-refractivity contribution in [2.75, 3.05) is 13.2 Å². The number of carbonyl (C=O) groups is 1. The number of rotatable bonds is 9. The van der Waals surface area contributed by atoms with Crippen LogP contribution in [-0.4, -0.2) is 25.5 Å². The number of halogens is 4. The summed E-state index contributed by atoms with van der Waals surface area (Å²) in [5, 5.41) is 0. The van der Waals surface area contributed by atoms with Crippen molar-refractivity contribution in [2.24, 2.45) is 5.92 Å². The number of allylic oxidation sites excluding steroid dienone is 1. The first-order valence-corrected chi connectivity index (χ1v) is 10.9. The third-order valence-corrected chi connectivity index (χ3v) is 5.41. The lowest BCUT2D eigenvalue weighted by molar-refractivity contribution is -0.202. The second-order valence-electron chi connectivity index (χ2n) is 7.87. The molecule has 0 bridgehead atoms. The zero-order valence-electron chi connectivity index (χ0n) is 18.3. The molecule has 1 aliphatic rings. The molecule has 0 aliphatic carbocycles. The van der Waals surface area contributed by atoms with E-state index in [0.29, 0.717) is 43.6 Å². The predicted molar refractivity (Wildman–Crippen MR) is 115 cm³/mol. The molecule has 0 aromatic heterocycles. The van der Waals surface area contributed by atoms with Gasteiger partial charge in [0.05, 0.1) is 18.8 Å². The van der Waals surface area contributed by atoms with E-state index in [2.05, 4.69) is 6.92 Å². The third-order valence-electron chi connectivity index (χ3n) is 5.41. The summed E-state index contributed by atoms with van der Waals surface area (Å²) in [6.45, 7) is 3.33. The highest BCUT2D eigenvalue weighted by molar-refractivity contribution is 5.73. The Hall–Kier alpha value is -2.71. The molecular formula is C25H26F4O4. The normalized spacial score (nSPS) is 18.1. The molecule has 0 radical (unpaired) electrons. The minimum atomic E-state index is -1.86. The molecule has 0 amide bonds. The van der Waals surface area contributed by atoms with Crippen LogP contribution >= 0.6 is 0 Å². The Kier molecular flexibility index (Phi) is 9.03. The lowest BCUT2D eigenvalue weighted by Crippen LogP contribution is -2.32. The molecule has 2 aromatic rings. The van der Waals surface area contributed by atoms with Gasteiger partial charge in [0.2, 0.25) is 0 Å². The lowest BCUT2D eigenvalue weighted by Gasteiger charge is -2.28. The molecule has 33 heavy (non-hydrogen) atoms. The van der Waals surface area contributed by atoms with Crippen LogP contribution in [0.4, 0.5) is 17.6 Å². The number of hydrogen-bond donors (Lipinski definition) is 0. The lowest BCUT2D eigenvalue weighted by atomic mass is 10.00. The molecule has 1 heterocycles. The van der Waals surface area contributed by atoms with E-state index in [1.807, 2.05) is 0 Å². The van der Waals surface area contributed by atoms with Gasteiger partial charge in [-0.3, -0.25) is 4.79 Å². The summed E-state index contributed by atoms with van der Waals surface area (Å²) in [5.74, 6) is -1.55. The second kappa shape index (κ2) is 12.0. The van der Waals surface area contributed by atoms with Crippen molar-refractivity contribution in [3.63, 3.8) is 0 Å². The largest absolute Gasteiger partial charge is 0.427 e. The maximum atomic E-state index is 14.7. The number of aryl methyl sites for hydroxylation is 1. The van der Waals surface area contributed by atoms with E-state index in [1.54, 1.807) is 0 Å². The highest BCUT2D eigenvalue weighted by atomic mass is 19.3. The standard InChI is InChI=1S/C25H26F4O4/c1-2-16-14-31-24(32-15-16)11-6-17-12-20(26)25(21(27)13-17)18-7-9-19(10-8-18)33-23(30)5-3-4-22(28)29/h4,7-10,12-13,16,24H,2-3,5-6,11,14-15H2,1H3. The molecule has 0 atom stereocenters. The molecule has 1 fully saturated rings. The van der Waals surface area contributed by atoms with Crippen molar-refractivity contribution in [2.45, 2.75) is 45.3 Å². The minimum Gasteiger partial charge on any atom is -0.427 e. The Morgan fingerprint density at radius 3 is 2.30 bits per heavy atom. The Bertz CT molecular complexity index is 940. The molecule has 3 rings (SSSR count). The van der Waals surface area contributed by atoms with Crippen LogP contribution in [0, 0.1) is 17.6 Å². The van der Waals surface area contributed by atoms with E-state index >= 15 is 0 Å². The Morgan fingerprint density at radius 1 is 1.09 bits per heavy atom. The van der Waals surface area contributed by atoms with Crippen LogP contribution in [0.5, 0.6) is 5.75 Å². The van der Waals surface area contributed by atoms with Crippen molar-refractivity contribution >= 4 is 5.97 Å². The van der Waals surface area contributed by atoms with E-state index in [-0.39, 0.29) is 36.0 Å². The molecule has 0 unspecified atom stereocenters. The van der Waals surface area contributed by atoms with Crippen LogP contribution in [0.1, 0.15) is 38.2 Å². The van der Waals surface area contributed by atoms with Gasteiger partial charge in [-0.25, -0.2) is 8.78 Å². The molecule has 0 spiro atoms. The third kappa shape index (κ3) is 7.40. The van der Waals surface area contributed by atoms with Crippen LogP contribution in [0.2, 0.25) is 0 Å². The first-order chi connectivity index (χ1) is 15.9. The van der Waals surface area contributed by atoms with Crippen LogP contribution < -0.4 is 4.74 Å². The fraction of sp³-hybridized carbons (Fsp3) is 0.400. The zero-order valence-corrected chi connectivity index (χ0v) is 18.3. The summed E-state index contributed by atoms with van der Waals surface area (Å²) in [6.07, 6.45) is -0.0535. The molecular weight excluding hydrogens is 440 g/mol. The number of hydrogen-bond acceptors (Lipinski definition) is 4. The highest BCUT2D eigenvalue weighted by Crippen LogP contribution is 2.30. The van der Waals surface area contributed by atoms with Gasteiger partial charge in [0.1, 0.15) is 17.4 Å². The van der Waals surface area contributed by atoms with Gasteiger partial charge in [-0.05, 0) is 60.7 Å². The highest BCUT2D eigenvalue weighted by Gasteiger charge is 2.21. The van der Waals surface area contributed by atoms with Gasteiger partial charge in [-0.15, -0.1) is 0 Å². The smallest absolute Gasteiger partial charge is 0.311 e. The van der Waals surface area contributed by atoms with Crippen LogP contribution in [-0.2, 0) is 20.7 Å². The van der Waals surface area contributed by atoms with E-state index in [4.69, 9.17) is 14.2 Å². The van der Waals surface area contributed by atoms with E-state index < -0.39 is 23.7 Å². The van der Waals surface area contributed by atoms with Gasteiger partial charge in [-0.2, -0.15) is 8.78 Å². The van der Waals surface area contributed by atoms with Crippen molar-refractivity contribution < 1.29 is 36.6 Å². The Morgan fingerprint density at radius 2 is 1.73 bits per heavy atom. The average Bonchev–Trinajstić information content (AvgIpc) is 2.78. The summed E-state index contributed by atoms with van der Waals surface area (Å²) in [6, 6.07) is 8.24. The van der Waals surface area contributed by atoms with Crippen molar-refractivity contribution in [3.05, 3.63) is 65.8 Å². The Balaban J connectivity index is 1.59. The van der Waals surface area contributed by atoms with Crippen LogP contribution in [0.15, 0.2) is 48.6 Å². The van der Waals surface area contributed by atoms with Gasteiger partial charge in [-0.1, -0.05) is 19.1 Å². The number of ether oxygens (including phenoxy) is 3. The Labute approximate surface area is 190 Å².